The van der Waals surface area contributed by atoms with Crippen LogP contribution in [0, 0.1) is 11.3 Å². The van der Waals surface area contributed by atoms with Gasteiger partial charge in [0.25, 0.3) is 0 Å². The number of carbonyl (C=O) groups excluding carboxylic acids is 1. The Hall–Kier alpha value is -1.26. The zero-order valence-electron chi connectivity index (χ0n) is 12.2. The summed E-state index contributed by atoms with van der Waals surface area (Å²) in [6.07, 6.45) is 5.31. The molecule has 3 N–H and O–H groups in total. The number of urea groups is 1. The van der Waals surface area contributed by atoms with Crippen LogP contribution in [0.3, 0.4) is 0 Å². The van der Waals surface area contributed by atoms with E-state index in [4.69, 9.17) is 5.11 Å². The third kappa shape index (κ3) is 5.09. The van der Waals surface area contributed by atoms with Crippen LogP contribution in [0.25, 0.3) is 0 Å². The molecule has 0 bridgehead atoms. The zero-order chi connectivity index (χ0) is 14.5. The first-order valence-electron chi connectivity index (χ1n) is 7.10. The lowest BCUT2D eigenvalue weighted by Crippen LogP contribution is -2.44. The molecule has 0 aliphatic heterocycles. The molecule has 1 aliphatic carbocycles. The van der Waals surface area contributed by atoms with E-state index < -0.39 is 11.4 Å². The van der Waals surface area contributed by atoms with E-state index in [1.165, 1.54) is 25.7 Å². The molecule has 0 aromatic carbocycles. The highest BCUT2D eigenvalue weighted by Gasteiger charge is 2.27. The molecule has 1 aliphatic rings. The van der Waals surface area contributed by atoms with Gasteiger partial charge in [-0.2, -0.15) is 0 Å². The molecule has 1 saturated carbocycles. The number of rotatable bonds is 6. The highest BCUT2D eigenvalue weighted by molar-refractivity contribution is 5.75. The predicted molar refractivity (Wildman–Crippen MR) is 74.0 cm³/mol. The lowest BCUT2D eigenvalue weighted by Gasteiger charge is -2.22. The van der Waals surface area contributed by atoms with Gasteiger partial charge in [0.05, 0.1) is 5.41 Å². The predicted octanol–water partition coefficient (Wildman–Crippen LogP) is 2.37. The molecule has 19 heavy (non-hydrogen) atoms. The molecule has 1 unspecified atom stereocenters. The second kappa shape index (κ2) is 6.78. The van der Waals surface area contributed by atoms with Crippen LogP contribution < -0.4 is 10.6 Å². The minimum atomic E-state index is -0.839. The van der Waals surface area contributed by atoms with Crippen LogP contribution in [0.1, 0.15) is 52.9 Å². The lowest BCUT2D eigenvalue weighted by molar-refractivity contribution is -0.147. The Morgan fingerprint density at radius 3 is 2.42 bits per heavy atom. The van der Waals surface area contributed by atoms with E-state index in [9.17, 15) is 9.59 Å². The fourth-order valence-electron chi connectivity index (χ4n) is 2.43. The Balaban J connectivity index is 2.22. The fraction of sp³-hybridized carbons (Fsp3) is 0.857. The Morgan fingerprint density at radius 1 is 1.32 bits per heavy atom. The van der Waals surface area contributed by atoms with Crippen molar-refractivity contribution in [2.24, 2.45) is 11.3 Å². The van der Waals surface area contributed by atoms with Gasteiger partial charge in [-0.1, -0.05) is 12.8 Å². The summed E-state index contributed by atoms with van der Waals surface area (Å²) in [5.74, 6) is -0.254. The molecule has 0 aromatic rings. The number of nitrogens with one attached hydrogen (secondary N) is 2. The van der Waals surface area contributed by atoms with E-state index in [0.29, 0.717) is 18.9 Å². The van der Waals surface area contributed by atoms with Crippen molar-refractivity contribution in [3.63, 3.8) is 0 Å². The number of carbonyl (C=O) groups is 2. The fourth-order valence-corrected chi connectivity index (χ4v) is 2.43. The van der Waals surface area contributed by atoms with E-state index in [0.717, 1.165) is 0 Å². The van der Waals surface area contributed by atoms with Gasteiger partial charge in [-0.3, -0.25) is 4.79 Å². The van der Waals surface area contributed by atoms with Crippen molar-refractivity contribution in [2.75, 3.05) is 6.54 Å². The molecular weight excluding hydrogens is 244 g/mol. The minimum absolute atomic E-state index is 0.190. The van der Waals surface area contributed by atoms with Gasteiger partial charge in [0.15, 0.2) is 0 Å². The number of hydrogen-bond donors (Lipinski definition) is 3. The van der Waals surface area contributed by atoms with Gasteiger partial charge < -0.3 is 15.7 Å². The highest BCUT2D eigenvalue weighted by Crippen LogP contribution is 2.27. The molecule has 0 radical (unpaired) electrons. The van der Waals surface area contributed by atoms with Crippen LogP contribution in [-0.4, -0.2) is 29.7 Å². The van der Waals surface area contributed by atoms with E-state index in [2.05, 4.69) is 10.6 Å². The molecule has 0 aromatic heterocycles. The third-order valence-electron chi connectivity index (χ3n) is 4.08. The molecule has 110 valence electrons. The Labute approximate surface area is 115 Å². The van der Waals surface area contributed by atoms with Gasteiger partial charge in [-0.05, 0) is 46.0 Å². The van der Waals surface area contributed by atoms with Crippen molar-refractivity contribution >= 4 is 12.0 Å². The van der Waals surface area contributed by atoms with E-state index in [1.807, 2.05) is 6.92 Å². The molecule has 0 spiro atoms. The normalized spacial score (nSPS) is 18.1. The van der Waals surface area contributed by atoms with E-state index in [-0.39, 0.29) is 12.1 Å². The Morgan fingerprint density at radius 2 is 1.89 bits per heavy atom. The standard InChI is InChI=1S/C14H26N2O3/c1-10(11-6-4-5-7-11)16-13(19)15-9-8-14(2,3)12(17)18/h10-11H,4-9H2,1-3H3,(H,17,18)(H2,15,16,19). The van der Waals surface area contributed by atoms with Crippen molar-refractivity contribution in [2.45, 2.75) is 58.9 Å². The van der Waals surface area contributed by atoms with Crippen molar-refractivity contribution in [1.29, 1.82) is 0 Å². The van der Waals surface area contributed by atoms with Gasteiger partial charge in [0.1, 0.15) is 0 Å². The van der Waals surface area contributed by atoms with Crippen molar-refractivity contribution in [3.05, 3.63) is 0 Å². The summed E-state index contributed by atoms with van der Waals surface area (Å²) in [6, 6.07) is -0.00410. The minimum Gasteiger partial charge on any atom is -0.481 e. The van der Waals surface area contributed by atoms with Crippen LogP contribution in [0.2, 0.25) is 0 Å². The SMILES string of the molecule is CC(NC(=O)NCCC(C)(C)C(=O)O)C1CCCC1. The molecule has 5 heteroatoms. The maximum absolute atomic E-state index is 11.7. The van der Waals surface area contributed by atoms with Gasteiger partial charge in [-0.25, -0.2) is 4.79 Å². The van der Waals surface area contributed by atoms with Crippen LogP contribution in [0.15, 0.2) is 0 Å². The quantitative estimate of drug-likeness (QED) is 0.693. The molecule has 1 rings (SSSR count). The number of aliphatic carboxylic acids is 1. The lowest BCUT2D eigenvalue weighted by atomic mass is 9.90. The van der Waals surface area contributed by atoms with Gasteiger partial charge in [0, 0.05) is 12.6 Å². The summed E-state index contributed by atoms with van der Waals surface area (Å²) in [5.41, 5.74) is -0.801. The summed E-state index contributed by atoms with van der Waals surface area (Å²) >= 11 is 0. The second-order valence-corrected chi connectivity index (χ2v) is 6.17. The average molecular weight is 270 g/mol. The van der Waals surface area contributed by atoms with Crippen molar-refractivity contribution < 1.29 is 14.7 Å². The molecule has 0 heterocycles. The summed E-state index contributed by atoms with van der Waals surface area (Å²) in [4.78, 5) is 22.6. The number of carboxylic acids is 1. The van der Waals surface area contributed by atoms with E-state index >= 15 is 0 Å². The Kier molecular flexibility index (Phi) is 5.63. The maximum atomic E-state index is 11.7. The van der Waals surface area contributed by atoms with Crippen molar-refractivity contribution in [1.82, 2.24) is 10.6 Å². The largest absolute Gasteiger partial charge is 0.481 e. The first-order valence-corrected chi connectivity index (χ1v) is 7.10. The highest BCUT2D eigenvalue weighted by atomic mass is 16.4. The summed E-state index contributed by atoms with van der Waals surface area (Å²) in [7, 11) is 0. The summed E-state index contributed by atoms with van der Waals surface area (Å²) < 4.78 is 0. The second-order valence-electron chi connectivity index (χ2n) is 6.17. The first kappa shape index (κ1) is 15.8. The van der Waals surface area contributed by atoms with Gasteiger partial charge in [0.2, 0.25) is 0 Å². The molecule has 1 fully saturated rings. The topological polar surface area (TPSA) is 78.4 Å². The van der Waals surface area contributed by atoms with Gasteiger partial charge >= 0.3 is 12.0 Å². The third-order valence-corrected chi connectivity index (χ3v) is 4.08. The molecule has 0 saturated heterocycles. The first-order chi connectivity index (χ1) is 8.83. The molecule has 5 nitrogen and oxygen atoms in total. The Bertz CT molecular complexity index is 323. The number of amides is 2. The molecule has 1 atom stereocenters. The summed E-state index contributed by atoms with van der Waals surface area (Å²) in [6.45, 7) is 5.74. The smallest absolute Gasteiger partial charge is 0.315 e. The number of hydrogen-bond acceptors (Lipinski definition) is 2. The van der Waals surface area contributed by atoms with Crippen LogP contribution in [0.5, 0.6) is 0 Å². The average Bonchev–Trinajstić information content (AvgIpc) is 2.81. The van der Waals surface area contributed by atoms with Crippen LogP contribution in [-0.2, 0) is 4.79 Å². The summed E-state index contributed by atoms with van der Waals surface area (Å²) in [5, 5.41) is 14.6. The number of carboxylic acid groups (broad SMARTS) is 1. The zero-order valence-corrected chi connectivity index (χ0v) is 12.2. The van der Waals surface area contributed by atoms with Gasteiger partial charge in [-0.15, -0.1) is 0 Å². The molecular formula is C14H26N2O3. The maximum Gasteiger partial charge on any atom is 0.315 e. The van der Waals surface area contributed by atoms with E-state index in [1.54, 1.807) is 13.8 Å². The van der Waals surface area contributed by atoms with Crippen LogP contribution in [0.4, 0.5) is 4.79 Å². The van der Waals surface area contributed by atoms with Crippen molar-refractivity contribution in [3.8, 4) is 0 Å². The molecule has 2 amide bonds. The monoisotopic (exact) mass is 270 g/mol. The van der Waals surface area contributed by atoms with Crippen LogP contribution >= 0.6 is 0 Å².